The third-order valence-corrected chi connectivity index (χ3v) is 1.49. The van der Waals surface area contributed by atoms with Gasteiger partial charge in [-0.2, -0.15) is 0 Å². The van der Waals surface area contributed by atoms with Crippen LogP contribution in [0.2, 0.25) is 0 Å². The number of aliphatic hydroxyl groups excluding tert-OH is 2. The molecular formula is C8H14O4. The van der Waals surface area contributed by atoms with Gasteiger partial charge in [-0.15, -0.1) is 0 Å². The van der Waals surface area contributed by atoms with E-state index in [4.69, 9.17) is 15.3 Å². The highest BCUT2D eigenvalue weighted by atomic mass is 16.4. The maximum absolute atomic E-state index is 10.1. The first kappa shape index (κ1) is 10.8. The molecule has 0 unspecified atom stereocenters. The van der Waals surface area contributed by atoms with E-state index in [2.05, 4.69) is 0 Å². The van der Waals surface area contributed by atoms with Crippen LogP contribution in [0.4, 0.5) is 0 Å². The number of unbranched alkanes of at least 4 members (excludes halogenated alkanes) is 2. The summed E-state index contributed by atoms with van der Waals surface area (Å²) in [5, 5.41) is 25.9. The monoisotopic (exact) mass is 174 g/mol. The molecule has 70 valence electrons. The van der Waals surface area contributed by atoms with Crippen LogP contribution in [0, 0.1) is 0 Å². The molecule has 0 aromatic rings. The Kier molecular flexibility index (Phi) is 4.92. The van der Waals surface area contributed by atoms with Crippen LogP contribution in [0.15, 0.2) is 11.5 Å². The summed E-state index contributed by atoms with van der Waals surface area (Å²) in [5.41, 5.74) is 0. The molecule has 0 saturated carbocycles. The second kappa shape index (κ2) is 5.46. The van der Waals surface area contributed by atoms with Crippen molar-refractivity contribution in [2.75, 3.05) is 0 Å². The van der Waals surface area contributed by atoms with Crippen molar-refractivity contribution in [1.82, 2.24) is 0 Å². The van der Waals surface area contributed by atoms with Gasteiger partial charge in [-0.05, 0) is 6.42 Å². The van der Waals surface area contributed by atoms with Crippen molar-refractivity contribution in [3.05, 3.63) is 11.5 Å². The number of aliphatic hydroxyl groups is 2. The lowest BCUT2D eigenvalue weighted by Crippen LogP contribution is -2.03. The minimum absolute atomic E-state index is 0.228. The van der Waals surface area contributed by atoms with Gasteiger partial charge in [-0.25, -0.2) is 4.79 Å². The third kappa shape index (κ3) is 3.85. The van der Waals surface area contributed by atoms with Gasteiger partial charge in [-0.1, -0.05) is 19.8 Å². The Labute approximate surface area is 71.1 Å². The maximum atomic E-state index is 10.1. The minimum Gasteiger partial charge on any atom is -0.508 e. The van der Waals surface area contributed by atoms with Crippen molar-refractivity contribution in [3.8, 4) is 0 Å². The van der Waals surface area contributed by atoms with Gasteiger partial charge in [0.25, 0.3) is 0 Å². The van der Waals surface area contributed by atoms with Crippen LogP contribution in [-0.4, -0.2) is 21.3 Å². The Morgan fingerprint density at radius 3 is 2.17 bits per heavy atom. The largest absolute Gasteiger partial charge is 0.508 e. The number of carbonyl (C=O) groups is 1. The standard InChI is InChI=1S/C8H14O4/c1-2-3-4-5-6(9)7(10)8(11)12/h9-10H,2-5H2,1H3,(H,11,12). The van der Waals surface area contributed by atoms with Crippen LogP contribution in [0.5, 0.6) is 0 Å². The Morgan fingerprint density at radius 2 is 1.75 bits per heavy atom. The molecular weight excluding hydrogens is 160 g/mol. The van der Waals surface area contributed by atoms with Crippen molar-refractivity contribution >= 4 is 5.97 Å². The molecule has 0 aliphatic rings. The first-order chi connectivity index (χ1) is 5.59. The predicted molar refractivity (Wildman–Crippen MR) is 44.1 cm³/mol. The topological polar surface area (TPSA) is 77.8 Å². The van der Waals surface area contributed by atoms with E-state index >= 15 is 0 Å². The third-order valence-electron chi connectivity index (χ3n) is 1.49. The second-order valence-electron chi connectivity index (χ2n) is 2.56. The molecule has 0 rings (SSSR count). The molecule has 4 heteroatoms. The molecule has 0 bridgehead atoms. The highest BCUT2D eigenvalue weighted by Gasteiger charge is 2.10. The first-order valence-corrected chi connectivity index (χ1v) is 3.94. The molecule has 0 heterocycles. The molecule has 0 atom stereocenters. The zero-order valence-corrected chi connectivity index (χ0v) is 7.08. The van der Waals surface area contributed by atoms with E-state index in [0.717, 1.165) is 12.8 Å². The van der Waals surface area contributed by atoms with Crippen molar-refractivity contribution < 1.29 is 20.1 Å². The van der Waals surface area contributed by atoms with Gasteiger partial charge in [0.2, 0.25) is 5.76 Å². The number of rotatable bonds is 5. The lowest BCUT2D eigenvalue weighted by molar-refractivity contribution is -0.135. The summed E-state index contributed by atoms with van der Waals surface area (Å²) in [4.78, 5) is 10.1. The van der Waals surface area contributed by atoms with Crippen molar-refractivity contribution in [3.63, 3.8) is 0 Å². The molecule has 0 aliphatic heterocycles. The van der Waals surface area contributed by atoms with Gasteiger partial charge in [0.05, 0.1) is 0 Å². The number of carboxylic acid groups (broad SMARTS) is 1. The van der Waals surface area contributed by atoms with Crippen LogP contribution in [-0.2, 0) is 4.79 Å². The molecule has 0 saturated heterocycles. The fourth-order valence-corrected chi connectivity index (χ4v) is 0.784. The predicted octanol–water partition coefficient (Wildman–Crippen LogP) is 1.98. The highest BCUT2D eigenvalue weighted by Crippen LogP contribution is 2.09. The van der Waals surface area contributed by atoms with Crippen LogP contribution >= 0.6 is 0 Å². The zero-order chi connectivity index (χ0) is 9.56. The summed E-state index contributed by atoms with van der Waals surface area (Å²) in [6.07, 6.45) is 2.82. The summed E-state index contributed by atoms with van der Waals surface area (Å²) in [5.74, 6) is -2.86. The van der Waals surface area contributed by atoms with E-state index in [1.165, 1.54) is 0 Å². The van der Waals surface area contributed by atoms with Gasteiger partial charge in [-0.3, -0.25) is 0 Å². The summed E-state index contributed by atoms with van der Waals surface area (Å²) in [7, 11) is 0. The molecule has 0 aliphatic carbocycles. The van der Waals surface area contributed by atoms with Crippen LogP contribution < -0.4 is 0 Å². The molecule has 0 aromatic carbocycles. The Morgan fingerprint density at radius 1 is 1.17 bits per heavy atom. The van der Waals surface area contributed by atoms with E-state index in [1.807, 2.05) is 6.92 Å². The highest BCUT2D eigenvalue weighted by molar-refractivity contribution is 5.84. The van der Waals surface area contributed by atoms with Gasteiger partial charge in [0.1, 0.15) is 5.76 Å². The molecule has 0 amide bonds. The van der Waals surface area contributed by atoms with Crippen LogP contribution in [0.1, 0.15) is 32.6 Å². The molecule has 0 fully saturated rings. The first-order valence-electron chi connectivity index (χ1n) is 3.94. The van der Waals surface area contributed by atoms with Crippen LogP contribution in [0.25, 0.3) is 0 Å². The fourth-order valence-electron chi connectivity index (χ4n) is 0.784. The van der Waals surface area contributed by atoms with E-state index in [9.17, 15) is 4.79 Å². The number of aliphatic carboxylic acids is 1. The quantitative estimate of drug-likeness (QED) is 0.338. The Hall–Kier alpha value is -1.19. The van der Waals surface area contributed by atoms with Gasteiger partial charge >= 0.3 is 5.97 Å². The number of allylic oxidation sites excluding steroid dienone is 1. The van der Waals surface area contributed by atoms with Crippen molar-refractivity contribution in [2.45, 2.75) is 32.6 Å². The smallest absolute Gasteiger partial charge is 0.374 e. The second-order valence-corrected chi connectivity index (χ2v) is 2.56. The average Bonchev–Trinajstić information content (AvgIpc) is 2.03. The van der Waals surface area contributed by atoms with E-state index in [1.54, 1.807) is 0 Å². The molecule has 0 radical (unpaired) electrons. The molecule has 3 N–H and O–H groups in total. The summed E-state index contributed by atoms with van der Waals surface area (Å²) >= 11 is 0. The molecule has 12 heavy (non-hydrogen) atoms. The van der Waals surface area contributed by atoms with Gasteiger partial charge in [0.15, 0.2) is 0 Å². The molecule has 0 aromatic heterocycles. The molecule has 0 spiro atoms. The minimum atomic E-state index is -1.48. The number of hydrogen-bond acceptors (Lipinski definition) is 3. The average molecular weight is 174 g/mol. The SMILES string of the molecule is CCCCCC(O)=C(O)C(=O)O. The Bertz CT molecular complexity index is 183. The summed E-state index contributed by atoms with van der Waals surface area (Å²) < 4.78 is 0. The molecule has 4 nitrogen and oxygen atoms in total. The van der Waals surface area contributed by atoms with E-state index < -0.39 is 17.5 Å². The lowest BCUT2D eigenvalue weighted by atomic mass is 10.2. The van der Waals surface area contributed by atoms with E-state index in [-0.39, 0.29) is 6.42 Å². The maximum Gasteiger partial charge on any atom is 0.374 e. The number of carboxylic acids is 1. The Balaban J connectivity index is 3.91. The fraction of sp³-hybridized carbons (Fsp3) is 0.625. The van der Waals surface area contributed by atoms with Gasteiger partial charge < -0.3 is 15.3 Å². The van der Waals surface area contributed by atoms with Crippen molar-refractivity contribution in [2.24, 2.45) is 0 Å². The summed E-state index contributed by atoms with van der Waals surface area (Å²) in [6, 6.07) is 0. The van der Waals surface area contributed by atoms with Crippen molar-refractivity contribution in [1.29, 1.82) is 0 Å². The van der Waals surface area contributed by atoms with Gasteiger partial charge in [0, 0.05) is 6.42 Å². The summed E-state index contributed by atoms with van der Waals surface area (Å²) in [6.45, 7) is 2.00. The zero-order valence-electron chi connectivity index (χ0n) is 7.08. The van der Waals surface area contributed by atoms with E-state index in [0.29, 0.717) is 6.42 Å². The lowest BCUT2D eigenvalue weighted by Gasteiger charge is -1.99. The normalized spacial score (nSPS) is 12.4. The number of hydrogen-bond donors (Lipinski definition) is 3. The van der Waals surface area contributed by atoms with Crippen LogP contribution in [0.3, 0.4) is 0 Å².